The van der Waals surface area contributed by atoms with Gasteiger partial charge in [-0.1, -0.05) is 17.7 Å². The van der Waals surface area contributed by atoms with Crippen molar-refractivity contribution in [2.45, 2.75) is 5.03 Å². The van der Waals surface area contributed by atoms with Crippen molar-refractivity contribution in [1.82, 2.24) is 10.4 Å². The second kappa shape index (κ2) is 7.87. The summed E-state index contributed by atoms with van der Waals surface area (Å²) in [7, 11) is 0. The van der Waals surface area contributed by atoms with Crippen LogP contribution in [0.2, 0.25) is 5.02 Å². The summed E-state index contributed by atoms with van der Waals surface area (Å²) < 4.78 is 5.59. The molecule has 7 heteroatoms. The molecule has 2 aromatic rings. The van der Waals surface area contributed by atoms with Crippen LogP contribution in [0.15, 0.2) is 47.6 Å². The zero-order valence-electron chi connectivity index (χ0n) is 11.1. The van der Waals surface area contributed by atoms with Crippen LogP contribution in [-0.4, -0.2) is 23.3 Å². The van der Waals surface area contributed by atoms with Gasteiger partial charge in [-0.05, 0) is 30.3 Å². The van der Waals surface area contributed by atoms with Crippen molar-refractivity contribution in [2.75, 3.05) is 12.4 Å². The van der Waals surface area contributed by atoms with Gasteiger partial charge in [0, 0.05) is 17.5 Å². The highest BCUT2D eigenvalue weighted by Crippen LogP contribution is 2.24. The highest BCUT2D eigenvalue weighted by molar-refractivity contribution is 7.99. The van der Waals surface area contributed by atoms with Gasteiger partial charge in [0.15, 0.2) is 0 Å². The number of carbonyl (C=O) groups is 1. The first kappa shape index (κ1) is 15.6. The molecule has 0 saturated carbocycles. The lowest BCUT2D eigenvalue weighted by atomic mass is 10.2. The average Bonchev–Trinajstić information content (AvgIpc) is 2.52. The van der Waals surface area contributed by atoms with Crippen LogP contribution in [0, 0.1) is 0 Å². The van der Waals surface area contributed by atoms with Crippen molar-refractivity contribution >= 4 is 29.3 Å². The number of pyridine rings is 1. The molecule has 1 heterocycles. The minimum Gasteiger partial charge on any atom is -0.493 e. The highest BCUT2D eigenvalue weighted by atomic mass is 35.5. The van der Waals surface area contributed by atoms with Crippen molar-refractivity contribution in [3.8, 4) is 5.75 Å². The maximum Gasteiger partial charge on any atom is 0.265 e. The molecule has 0 bridgehead atoms. The van der Waals surface area contributed by atoms with Gasteiger partial charge < -0.3 is 4.74 Å². The van der Waals surface area contributed by atoms with Crippen LogP contribution in [-0.2, 0) is 0 Å². The second-order valence-corrected chi connectivity index (χ2v) is 5.48. The van der Waals surface area contributed by atoms with Crippen molar-refractivity contribution in [3.63, 3.8) is 0 Å². The Bertz CT molecular complexity index is 625. The normalized spacial score (nSPS) is 10.2. The predicted molar refractivity (Wildman–Crippen MR) is 83.6 cm³/mol. The number of nitrogens with one attached hydrogen (secondary N) is 1. The fourth-order valence-electron chi connectivity index (χ4n) is 1.59. The highest BCUT2D eigenvalue weighted by Gasteiger charge is 2.05. The number of hydrogen-bond donors (Lipinski definition) is 2. The van der Waals surface area contributed by atoms with E-state index < -0.39 is 0 Å². The molecule has 0 radical (unpaired) electrons. The third-order valence-electron chi connectivity index (χ3n) is 2.54. The Hall–Kier alpha value is -1.76. The van der Waals surface area contributed by atoms with E-state index >= 15 is 0 Å². The predicted octanol–water partition coefficient (Wildman–Crippen LogP) is 2.51. The summed E-state index contributed by atoms with van der Waals surface area (Å²) in [4.78, 5) is 15.6. The molecular weight excluding hydrogens is 310 g/mol. The maximum absolute atomic E-state index is 11.4. The molecule has 0 aliphatic rings. The molecule has 21 heavy (non-hydrogen) atoms. The van der Waals surface area contributed by atoms with Crippen LogP contribution in [0.4, 0.5) is 0 Å². The summed E-state index contributed by atoms with van der Waals surface area (Å²) in [5.41, 5.74) is 2.54. The molecule has 0 saturated heterocycles. The van der Waals surface area contributed by atoms with E-state index in [1.165, 1.54) is 11.8 Å². The van der Waals surface area contributed by atoms with Gasteiger partial charge in [0.2, 0.25) is 0 Å². The number of benzene rings is 1. The first-order chi connectivity index (χ1) is 10.2. The van der Waals surface area contributed by atoms with E-state index in [1.807, 2.05) is 0 Å². The van der Waals surface area contributed by atoms with Crippen molar-refractivity contribution in [2.24, 2.45) is 5.84 Å². The number of nitrogens with zero attached hydrogens (tertiary/aromatic N) is 1. The van der Waals surface area contributed by atoms with Gasteiger partial charge in [-0.15, -0.1) is 11.8 Å². The molecule has 5 nitrogen and oxygen atoms in total. The van der Waals surface area contributed by atoms with Crippen LogP contribution in [0.1, 0.15) is 10.4 Å². The molecule has 2 rings (SSSR count). The molecule has 3 N–H and O–H groups in total. The number of halogens is 1. The largest absolute Gasteiger partial charge is 0.493 e. The third-order valence-corrected chi connectivity index (χ3v) is 3.93. The average molecular weight is 324 g/mol. The monoisotopic (exact) mass is 323 g/mol. The van der Waals surface area contributed by atoms with Crippen LogP contribution in [0.25, 0.3) is 0 Å². The first-order valence-electron chi connectivity index (χ1n) is 6.18. The summed E-state index contributed by atoms with van der Waals surface area (Å²) in [5, 5.41) is 1.41. The smallest absolute Gasteiger partial charge is 0.265 e. The Labute approximate surface area is 131 Å². The Morgan fingerprint density at radius 1 is 1.38 bits per heavy atom. The van der Waals surface area contributed by atoms with Gasteiger partial charge in [0.1, 0.15) is 10.8 Å². The summed E-state index contributed by atoms with van der Waals surface area (Å²) in [5.74, 6) is 6.05. The lowest BCUT2D eigenvalue weighted by Crippen LogP contribution is -2.29. The lowest BCUT2D eigenvalue weighted by Gasteiger charge is -2.07. The molecule has 0 unspecified atom stereocenters. The fraction of sp³-hybridized carbons (Fsp3) is 0.143. The van der Waals surface area contributed by atoms with Gasteiger partial charge >= 0.3 is 0 Å². The van der Waals surface area contributed by atoms with Crippen LogP contribution >= 0.6 is 23.4 Å². The third kappa shape index (κ3) is 4.63. The maximum atomic E-state index is 11.4. The van der Waals surface area contributed by atoms with E-state index in [1.54, 1.807) is 42.6 Å². The van der Waals surface area contributed by atoms with Gasteiger partial charge in [0.25, 0.3) is 5.91 Å². The van der Waals surface area contributed by atoms with E-state index in [0.717, 1.165) is 5.03 Å². The number of rotatable bonds is 6. The van der Waals surface area contributed by atoms with Gasteiger partial charge in [-0.2, -0.15) is 0 Å². The molecule has 1 aromatic carbocycles. The zero-order chi connectivity index (χ0) is 15.1. The SMILES string of the molecule is NNC(=O)c1cccc(OCCSc2ncccc2Cl)c1. The Morgan fingerprint density at radius 2 is 2.24 bits per heavy atom. The Balaban J connectivity index is 1.84. The molecule has 0 atom stereocenters. The van der Waals surface area contributed by atoms with Gasteiger partial charge in [-0.3, -0.25) is 10.2 Å². The van der Waals surface area contributed by atoms with E-state index in [4.69, 9.17) is 22.2 Å². The number of hydrazine groups is 1. The summed E-state index contributed by atoms with van der Waals surface area (Å²) in [6, 6.07) is 10.4. The number of amides is 1. The zero-order valence-corrected chi connectivity index (χ0v) is 12.7. The number of nitrogens with two attached hydrogens (primary N) is 1. The Morgan fingerprint density at radius 3 is 3.00 bits per heavy atom. The number of hydrogen-bond acceptors (Lipinski definition) is 5. The molecule has 0 spiro atoms. The minimum absolute atomic E-state index is 0.352. The second-order valence-electron chi connectivity index (χ2n) is 3.99. The quantitative estimate of drug-likeness (QED) is 0.281. The topological polar surface area (TPSA) is 77.2 Å². The van der Waals surface area contributed by atoms with Crippen molar-refractivity contribution < 1.29 is 9.53 Å². The van der Waals surface area contributed by atoms with Crippen LogP contribution in [0.5, 0.6) is 5.75 Å². The van der Waals surface area contributed by atoms with Gasteiger partial charge in [-0.25, -0.2) is 10.8 Å². The number of carbonyl (C=O) groups excluding carboxylic acids is 1. The van der Waals surface area contributed by atoms with Gasteiger partial charge in [0.05, 0.1) is 11.6 Å². The molecular formula is C14H14ClN3O2S. The molecule has 1 aromatic heterocycles. The van der Waals surface area contributed by atoms with Crippen molar-refractivity contribution in [1.29, 1.82) is 0 Å². The van der Waals surface area contributed by atoms with E-state index in [9.17, 15) is 4.79 Å². The standard InChI is InChI=1S/C14H14ClN3O2S/c15-12-5-2-6-17-14(12)21-8-7-20-11-4-1-3-10(9-11)13(19)18-16/h1-6,9H,7-8,16H2,(H,18,19). The van der Waals surface area contributed by atoms with Crippen LogP contribution < -0.4 is 16.0 Å². The number of aromatic nitrogens is 1. The number of nitrogen functional groups attached to an aromatic ring is 1. The summed E-state index contributed by atoms with van der Waals surface area (Å²) in [6.07, 6.45) is 1.70. The van der Waals surface area contributed by atoms with E-state index in [2.05, 4.69) is 10.4 Å². The first-order valence-corrected chi connectivity index (χ1v) is 7.54. The summed E-state index contributed by atoms with van der Waals surface area (Å²) in [6.45, 7) is 0.477. The number of ether oxygens (including phenoxy) is 1. The Kier molecular flexibility index (Phi) is 5.86. The lowest BCUT2D eigenvalue weighted by molar-refractivity contribution is 0.0953. The molecule has 1 amide bonds. The van der Waals surface area contributed by atoms with E-state index in [0.29, 0.717) is 28.7 Å². The fourth-order valence-corrected chi connectivity index (χ4v) is 2.57. The number of thioether (sulfide) groups is 1. The van der Waals surface area contributed by atoms with E-state index in [-0.39, 0.29) is 5.91 Å². The molecule has 0 fully saturated rings. The minimum atomic E-state index is -0.352. The van der Waals surface area contributed by atoms with Crippen LogP contribution in [0.3, 0.4) is 0 Å². The molecule has 0 aliphatic carbocycles. The molecule has 0 aliphatic heterocycles. The molecule has 110 valence electrons. The summed E-state index contributed by atoms with van der Waals surface area (Å²) >= 11 is 7.53. The van der Waals surface area contributed by atoms with Crippen molar-refractivity contribution in [3.05, 3.63) is 53.2 Å².